The number of hydrogen-bond donors (Lipinski definition) is 2. The number of aryl methyl sites for hydroxylation is 1. The molecule has 3 rings (SSSR count). The lowest BCUT2D eigenvalue weighted by atomic mass is 10.1. The highest BCUT2D eigenvalue weighted by Crippen LogP contribution is 2.13. The third-order valence-electron chi connectivity index (χ3n) is 4.65. The van der Waals surface area contributed by atoms with E-state index in [1.807, 2.05) is 12.1 Å². The first-order valence-electron chi connectivity index (χ1n) is 9.06. The number of likely N-dealkylation sites (tertiary alicyclic amines) is 1. The molecule has 1 fully saturated rings. The first-order chi connectivity index (χ1) is 12.2. The minimum Gasteiger partial charge on any atom is -0.334 e. The second-order valence-corrected chi connectivity index (χ2v) is 6.82. The van der Waals surface area contributed by atoms with Crippen LogP contribution in [0.4, 0.5) is 4.79 Å². The molecule has 2 aromatic carbocycles. The van der Waals surface area contributed by atoms with Crippen LogP contribution in [-0.4, -0.2) is 24.0 Å². The summed E-state index contributed by atoms with van der Waals surface area (Å²) in [5, 5.41) is 5.80. The smallest absolute Gasteiger partial charge is 0.315 e. The minimum absolute atomic E-state index is 0.137. The Bertz CT molecular complexity index is 673. The van der Waals surface area contributed by atoms with Gasteiger partial charge in [-0.15, -0.1) is 0 Å². The van der Waals surface area contributed by atoms with Gasteiger partial charge in [-0.3, -0.25) is 4.90 Å². The van der Waals surface area contributed by atoms with Crippen LogP contribution in [-0.2, 0) is 19.6 Å². The van der Waals surface area contributed by atoms with Crippen molar-refractivity contribution in [1.82, 2.24) is 15.5 Å². The number of carbonyl (C=O) groups excluding carboxylic acids is 1. The highest BCUT2D eigenvalue weighted by atomic mass is 16.2. The summed E-state index contributed by atoms with van der Waals surface area (Å²) in [7, 11) is 0. The van der Waals surface area contributed by atoms with Crippen molar-refractivity contribution in [3.63, 3.8) is 0 Å². The highest BCUT2D eigenvalue weighted by molar-refractivity contribution is 5.73. The standard InChI is InChI=1S/C21H27N3O/c1-17-4-6-18(7-5-17)14-22-21(25)23-15-19-8-10-20(11-9-19)16-24-12-2-3-13-24/h4-11H,2-3,12-16H2,1H3,(H2,22,23,25). The van der Waals surface area contributed by atoms with E-state index in [0.29, 0.717) is 13.1 Å². The van der Waals surface area contributed by atoms with E-state index in [2.05, 4.69) is 58.9 Å². The fourth-order valence-electron chi connectivity index (χ4n) is 3.09. The van der Waals surface area contributed by atoms with Crippen LogP contribution < -0.4 is 10.6 Å². The zero-order valence-electron chi connectivity index (χ0n) is 14.9. The summed E-state index contributed by atoms with van der Waals surface area (Å²) in [6.07, 6.45) is 2.64. The highest BCUT2D eigenvalue weighted by Gasteiger charge is 2.11. The fourth-order valence-corrected chi connectivity index (χ4v) is 3.09. The lowest BCUT2D eigenvalue weighted by Crippen LogP contribution is -2.34. The molecule has 0 radical (unpaired) electrons. The van der Waals surface area contributed by atoms with E-state index in [1.54, 1.807) is 0 Å². The second kappa shape index (κ2) is 8.67. The molecule has 132 valence electrons. The SMILES string of the molecule is Cc1ccc(CNC(=O)NCc2ccc(CN3CCCC3)cc2)cc1. The predicted octanol–water partition coefficient (Wildman–Crippen LogP) is 3.59. The maximum absolute atomic E-state index is 11.9. The molecule has 2 amide bonds. The molecule has 0 bridgehead atoms. The van der Waals surface area contributed by atoms with Gasteiger partial charge in [0.1, 0.15) is 0 Å². The van der Waals surface area contributed by atoms with Gasteiger partial charge in [0, 0.05) is 19.6 Å². The molecule has 1 aliphatic rings. The summed E-state index contributed by atoms with van der Waals surface area (Å²) >= 11 is 0. The first kappa shape index (κ1) is 17.5. The predicted molar refractivity (Wildman–Crippen MR) is 101 cm³/mol. The van der Waals surface area contributed by atoms with Crippen LogP contribution in [0.15, 0.2) is 48.5 Å². The van der Waals surface area contributed by atoms with E-state index >= 15 is 0 Å². The quantitative estimate of drug-likeness (QED) is 0.846. The molecular formula is C21H27N3O. The van der Waals surface area contributed by atoms with Gasteiger partial charge in [0.25, 0.3) is 0 Å². The number of benzene rings is 2. The number of urea groups is 1. The van der Waals surface area contributed by atoms with Crippen LogP contribution in [0.1, 0.15) is 35.1 Å². The monoisotopic (exact) mass is 337 g/mol. The van der Waals surface area contributed by atoms with Gasteiger partial charge in [0.2, 0.25) is 0 Å². The molecule has 25 heavy (non-hydrogen) atoms. The normalized spacial score (nSPS) is 14.4. The molecule has 0 spiro atoms. The molecular weight excluding hydrogens is 310 g/mol. The summed E-state index contributed by atoms with van der Waals surface area (Å²) < 4.78 is 0. The molecule has 4 heteroatoms. The van der Waals surface area contributed by atoms with Crippen LogP contribution in [0.25, 0.3) is 0 Å². The van der Waals surface area contributed by atoms with E-state index in [1.165, 1.54) is 37.1 Å². The van der Waals surface area contributed by atoms with Crippen molar-refractivity contribution in [2.45, 2.75) is 39.4 Å². The van der Waals surface area contributed by atoms with Crippen LogP contribution in [0.3, 0.4) is 0 Å². The maximum atomic E-state index is 11.9. The Hall–Kier alpha value is -2.33. The molecule has 2 N–H and O–H groups in total. The molecule has 0 unspecified atom stereocenters. The third-order valence-corrected chi connectivity index (χ3v) is 4.65. The van der Waals surface area contributed by atoms with Crippen molar-refractivity contribution in [1.29, 1.82) is 0 Å². The summed E-state index contributed by atoms with van der Waals surface area (Å²) in [4.78, 5) is 14.4. The van der Waals surface area contributed by atoms with Gasteiger partial charge in [0.05, 0.1) is 0 Å². The molecule has 0 saturated carbocycles. The zero-order valence-corrected chi connectivity index (χ0v) is 14.9. The van der Waals surface area contributed by atoms with Gasteiger partial charge in [-0.05, 0) is 49.5 Å². The van der Waals surface area contributed by atoms with Gasteiger partial charge >= 0.3 is 6.03 Å². The van der Waals surface area contributed by atoms with Crippen LogP contribution >= 0.6 is 0 Å². The molecule has 0 aliphatic carbocycles. The lowest BCUT2D eigenvalue weighted by Gasteiger charge is -2.14. The molecule has 0 atom stereocenters. The Morgan fingerprint density at radius 3 is 1.88 bits per heavy atom. The van der Waals surface area contributed by atoms with Gasteiger partial charge < -0.3 is 10.6 Å². The van der Waals surface area contributed by atoms with Gasteiger partial charge in [-0.1, -0.05) is 54.1 Å². The number of hydrogen-bond acceptors (Lipinski definition) is 2. The largest absolute Gasteiger partial charge is 0.334 e. The summed E-state index contributed by atoms with van der Waals surface area (Å²) in [6.45, 7) is 6.60. The number of nitrogens with zero attached hydrogens (tertiary/aromatic N) is 1. The van der Waals surface area contributed by atoms with Crippen molar-refractivity contribution in [3.05, 3.63) is 70.8 Å². The van der Waals surface area contributed by atoms with Gasteiger partial charge in [-0.25, -0.2) is 4.79 Å². The maximum Gasteiger partial charge on any atom is 0.315 e. The number of nitrogens with one attached hydrogen (secondary N) is 2. The Balaban J connectivity index is 1.39. The molecule has 1 saturated heterocycles. The van der Waals surface area contributed by atoms with E-state index < -0.39 is 0 Å². The second-order valence-electron chi connectivity index (χ2n) is 6.82. The van der Waals surface area contributed by atoms with Crippen molar-refractivity contribution >= 4 is 6.03 Å². The number of amides is 2. The first-order valence-corrected chi connectivity index (χ1v) is 9.06. The molecule has 4 nitrogen and oxygen atoms in total. The van der Waals surface area contributed by atoms with Crippen molar-refractivity contribution < 1.29 is 4.79 Å². The van der Waals surface area contributed by atoms with Crippen molar-refractivity contribution in [3.8, 4) is 0 Å². The topological polar surface area (TPSA) is 44.4 Å². The van der Waals surface area contributed by atoms with Crippen molar-refractivity contribution in [2.75, 3.05) is 13.1 Å². The molecule has 0 aromatic heterocycles. The van der Waals surface area contributed by atoms with E-state index in [9.17, 15) is 4.79 Å². The third kappa shape index (κ3) is 5.61. The fraction of sp³-hybridized carbons (Fsp3) is 0.381. The van der Waals surface area contributed by atoms with Gasteiger partial charge in [-0.2, -0.15) is 0 Å². The summed E-state index contributed by atoms with van der Waals surface area (Å²) in [6, 6.07) is 16.6. The summed E-state index contributed by atoms with van der Waals surface area (Å²) in [5.41, 5.74) is 4.79. The van der Waals surface area contributed by atoms with E-state index in [0.717, 1.165) is 17.7 Å². The summed E-state index contributed by atoms with van der Waals surface area (Å²) in [5.74, 6) is 0. The minimum atomic E-state index is -0.137. The molecule has 1 aliphatic heterocycles. The molecule has 1 heterocycles. The van der Waals surface area contributed by atoms with Crippen LogP contribution in [0.5, 0.6) is 0 Å². The van der Waals surface area contributed by atoms with E-state index in [4.69, 9.17) is 0 Å². The Kier molecular flexibility index (Phi) is 6.07. The Labute approximate surface area is 150 Å². The van der Waals surface area contributed by atoms with Crippen molar-refractivity contribution in [2.24, 2.45) is 0 Å². The number of carbonyl (C=O) groups is 1. The van der Waals surface area contributed by atoms with Crippen LogP contribution in [0, 0.1) is 6.92 Å². The zero-order chi connectivity index (χ0) is 17.5. The van der Waals surface area contributed by atoms with E-state index in [-0.39, 0.29) is 6.03 Å². The lowest BCUT2D eigenvalue weighted by molar-refractivity contribution is 0.240. The van der Waals surface area contributed by atoms with Crippen LogP contribution in [0.2, 0.25) is 0 Å². The van der Waals surface area contributed by atoms with Gasteiger partial charge in [0.15, 0.2) is 0 Å². The average molecular weight is 337 g/mol. The Morgan fingerprint density at radius 1 is 0.840 bits per heavy atom. The number of rotatable bonds is 6. The molecule has 2 aromatic rings. The Morgan fingerprint density at radius 2 is 1.32 bits per heavy atom. The average Bonchev–Trinajstić information content (AvgIpc) is 3.14.